The fourth-order valence-corrected chi connectivity index (χ4v) is 4.36. The molecule has 0 bridgehead atoms. The van der Waals surface area contributed by atoms with Gasteiger partial charge in [0.1, 0.15) is 16.5 Å². The molecule has 1 fully saturated rings. The molecule has 2 aromatic carbocycles. The van der Waals surface area contributed by atoms with Gasteiger partial charge in [-0.05, 0) is 55.3 Å². The lowest BCUT2D eigenvalue weighted by Gasteiger charge is -2.16. The van der Waals surface area contributed by atoms with Gasteiger partial charge in [0.2, 0.25) is 0 Å². The third-order valence-corrected chi connectivity index (χ3v) is 6.32. The number of hydrogen-bond donors (Lipinski definition) is 1. The fraction of sp³-hybridized carbons (Fsp3) is 0.182. The minimum atomic E-state index is -4.28. The molecule has 10 nitrogen and oxygen atoms in total. The maximum atomic E-state index is 12.5. The predicted octanol–water partition coefficient (Wildman–Crippen LogP) is 3.61. The van der Waals surface area contributed by atoms with Gasteiger partial charge >= 0.3 is 10.1 Å². The van der Waals surface area contributed by atoms with Crippen molar-refractivity contribution in [2.75, 3.05) is 23.3 Å². The number of aromatic nitrogens is 1. The van der Waals surface area contributed by atoms with E-state index in [0.717, 1.165) is 37.8 Å². The highest BCUT2D eigenvalue weighted by molar-refractivity contribution is 7.87. The second-order valence-electron chi connectivity index (χ2n) is 7.37. The molecule has 0 atom stereocenters. The molecule has 1 saturated heterocycles. The summed E-state index contributed by atoms with van der Waals surface area (Å²) in [5.74, 6) is 0.450. The number of carbonyl (C=O) groups is 1. The molecular weight excluding hydrogens is 448 g/mol. The van der Waals surface area contributed by atoms with Crippen LogP contribution in [0.2, 0.25) is 0 Å². The first-order valence-corrected chi connectivity index (χ1v) is 11.5. The number of amides is 1. The van der Waals surface area contributed by atoms with Crippen molar-refractivity contribution in [1.29, 1.82) is 0 Å². The summed E-state index contributed by atoms with van der Waals surface area (Å²) in [4.78, 5) is 28.9. The van der Waals surface area contributed by atoms with E-state index in [2.05, 4.69) is 15.2 Å². The van der Waals surface area contributed by atoms with E-state index >= 15 is 0 Å². The van der Waals surface area contributed by atoms with Crippen LogP contribution in [0.5, 0.6) is 5.75 Å². The van der Waals surface area contributed by atoms with Crippen LogP contribution in [0.15, 0.2) is 71.8 Å². The van der Waals surface area contributed by atoms with Gasteiger partial charge < -0.3 is 14.4 Å². The summed E-state index contributed by atoms with van der Waals surface area (Å²) in [6.45, 7) is 1.95. The molecule has 0 radical (unpaired) electrons. The Morgan fingerprint density at radius 2 is 1.79 bits per heavy atom. The van der Waals surface area contributed by atoms with Crippen molar-refractivity contribution in [2.24, 2.45) is 0 Å². The summed E-state index contributed by atoms with van der Waals surface area (Å²) in [5.41, 5.74) is 0.463. The summed E-state index contributed by atoms with van der Waals surface area (Å²) in [6.07, 6.45) is 3.88. The van der Waals surface area contributed by atoms with E-state index in [9.17, 15) is 23.3 Å². The average Bonchev–Trinajstić information content (AvgIpc) is 3.35. The van der Waals surface area contributed by atoms with Gasteiger partial charge in [-0.15, -0.1) is 0 Å². The van der Waals surface area contributed by atoms with Crippen LogP contribution in [-0.4, -0.2) is 37.3 Å². The second-order valence-corrected chi connectivity index (χ2v) is 8.92. The number of nitro benzene ring substituents is 1. The maximum Gasteiger partial charge on any atom is 0.339 e. The SMILES string of the molecule is O=C(Nc1ccc(N2CCCC2)nc1)c1ccc(OS(=O)(=O)c2cccc([N+](=O)[O-])c2)cc1. The van der Waals surface area contributed by atoms with E-state index in [1.807, 2.05) is 6.07 Å². The Morgan fingerprint density at radius 3 is 2.42 bits per heavy atom. The summed E-state index contributed by atoms with van der Waals surface area (Å²) in [7, 11) is -4.28. The molecule has 1 amide bonds. The Kier molecular flexibility index (Phi) is 6.22. The molecule has 1 aromatic heterocycles. The minimum absolute atomic E-state index is 0.0327. The number of benzene rings is 2. The largest absolute Gasteiger partial charge is 0.379 e. The molecule has 4 rings (SSSR count). The molecule has 0 spiro atoms. The van der Waals surface area contributed by atoms with Gasteiger partial charge in [-0.1, -0.05) is 6.07 Å². The van der Waals surface area contributed by atoms with Crippen LogP contribution in [-0.2, 0) is 10.1 Å². The number of hydrogen-bond acceptors (Lipinski definition) is 8. The van der Waals surface area contributed by atoms with Gasteiger partial charge in [-0.25, -0.2) is 4.98 Å². The Morgan fingerprint density at radius 1 is 1.06 bits per heavy atom. The van der Waals surface area contributed by atoms with Crippen molar-refractivity contribution >= 4 is 33.2 Å². The zero-order valence-electron chi connectivity index (χ0n) is 17.4. The van der Waals surface area contributed by atoms with E-state index in [1.54, 1.807) is 12.3 Å². The van der Waals surface area contributed by atoms with Crippen LogP contribution in [0.1, 0.15) is 23.2 Å². The molecule has 0 unspecified atom stereocenters. The number of non-ortho nitro benzene ring substituents is 1. The van der Waals surface area contributed by atoms with Crippen LogP contribution in [0.3, 0.4) is 0 Å². The van der Waals surface area contributed by atoms with Crippen LogP contribution >= 0.6 is 0 Å². The van der Waals surface area contributed by atoms with Crippen molar-refractivity contribution in [1.82, 2.24) is 4.98 Å². The quantitative estimate of drug-likeness (QED) is 0.316. The lowest BCUT2D eigenvalue weighted by molar-refractivity contribution is -0.385. The Balaban J connectivity index is 1.40. The van der Waals surface area contributed by atoms with E-state index in [4.69, 9.17) is 4.18 Å². The summed E-state index contributed by atoms with van der Waals surface area (Å²) < 4.78 is 29.9. The number of rotatable bonds is 7. The molecule has 3 aromatic rings. The molecule has 1 N–H and O–H groups in total. The van der Waals surface area contributed by atoms with Crippen molar-refractivity contribution < 1.29 is 22.3 Å². The van der Waals surface area contributed by atoms with Crippen LogP contribution in [0.4, 0.5) is 17.2 Å². The summed E-state index contributed by atoms with van der Waals surface area (Å²) in [6, 6.07) is 13.7. The number of anilines is 2. The fourth-order valence-electron chi connectivity index (χ4n) is 3.39. The van der Waals surface area contributed by atoms with Gasteiger partial charge in [0.05, 0.1) is 16.8 Å². The van der Waals surface area contributed by atoms with Gasteiger partial charge in [0, 0.05) is 30.8 Å². The average molecular weight is 468 g/mol. The van der Waals surface area contributed by atoms with Crippen LogP contribution < -0.4 is 14.4 Å². The normalized spacial score (nSPS) is 13.5. The number of pyridine rings is 1. The van der Waals surface area contributed by atoms with Crippen molar-refractivity contribution in [3.05, 3.63) is 82.5 Å². The molecule has 1 aliphatic rings. The lowest BCUT2D eigenvalue weighted by Crippen LogP contribution is -2.19. The third kappa shape index (κ3) is 5.26. The summed E-state index contributed by atoms with van der Waals surface area (Å²) >= 11 is 0. The van der Waals surface area contributed by atoms with Crippen molar-refractivity contribution in [2.45, 2.75) is 17.7 Å². The summed E-state index contributed by atoms with van der Waals surface area (Å²) in [5, 5.41) is 13.6. The van der Waals surface area contributed by atoms with Crippen LogP contribution in [0.25, 0.3) is 0 Å². The molecule has 0 aliphatic carbocycles. The van der Waals surface area contributed by atoms with Crippen molar-refractivity contribution in [3.63, 3.8) is 0 Å². The number of nitrogens with zero attached hydrogens (tertiary/aromatic N) is 3. The first-order valence-electron chi connectivity index (χ1n) is 10.1. The topological polar surface area (TPSA) is 132 Å². The van der Waals surface area contributed by atoms with E-state index in [-0.39, 0.29) is 22.2 Å². The maximum absolute atomic E-state index is 12.5. The minimum Gasteiger partial charge on any atom is -0.379 e. The molecule has 170 valence electrons. The highest BCUT2D eigenvalue weighted by atomic mass is 32.2. The lowest BCUT2D eigenvalue weighted by atomic mass is 10.2. The van der Waals surface area contributed by atoms with E-state index in [1.165, 1.54) is 42.5 Å². The molecule has 0 saturated carbocycles. The van der Waals surface area contributed by atoms with Gasteiger partial charge in [-0.2, -0.15) is 8.42 Å². The Bertz CT molecular complexity index is 1270. The molecule has 11 heteroatoms. The highest BCUT2D eigenvalue weighted by Crippen LogP contribution is 2.23. The Hall–Kier alpha value is -3.99. The zero-order chi connectivity index (χ0) is 23.4. The van der Waals surface area contributed by atoms with Gasteiger partial charge in [-0.3, -0.25) is 14.9 Å². The highest BCUT2D eigenvalue weighted by Gasteiger charge is 2.20. The first-order chi connectivity index (χ1) is 15.8. The third-order valence-electron chi connectivity index (χ3n) is 5.08. The number of nitro groups is 1. The van der Waals surface area contributed by atoms with Crippen molar-refractivity contribution in [3.8, 4) is 5.75 Å². The van der Waals surface area contributed by atoms with E-state index in [0.29, 0.717) is 11.3 Å². The molecular formula is C22H20N4O6S. The van der Waals surface area contributed by atoms with Crippen LogP contribution in [0, 0.1) is 10.1 Å². The van der Waals surface area contributed by atoms with Gasteiger partial charge in [0.15, 0.2) is 0 Å². The zero-order valence-corrected chi connectivity index (χ0v) is 18.2. The predicted molar refractivity (Wildman–Crippen MR) is 121 cm³/mol. The molecule has 1 aliphatic heterocycles. The number of nitrogens with one attached hydrogen (secondary N) is 1. The Labute approximate surface area is 190 Å². The monoisotopic (exact) mass is 468 g/mol. The first kappa shape index (κ1) is 22.2. The van der Waals surface area contributed by atoms with Gasteiger partial charge in [0.25, 0.3) is 11.6 Å². The molecule has 33 heavy (non-hydrogen) atoms. The van der Waals surface area contributed by atoms with E-state index < -0.39 is 15.0 Å². The standard InChI is InChI=1S/C22H20N4O6S/c27-22(24-17-8-11-21(23-15-17)25-12-1-2-13-25)16-6-9-19(10-7-16)32-33(30,31)20-5-3-4-18(14-20)26(28)29/h3-11,14-15H,1-2,12-13H2,(H,24,27). The smallest absolute Gasteiger partial charge is 0.339 e. The molecule has 2 heterocycles. The number of carbonyl (C=O) groups excluding carboxylic acids is 1. The second kappa shape index (κ2) is 9.25.